The number of nitrogens with zero attached hydrogens (tertiary/aromatic N) is 1. The largest absolute Gasteiger partial charge is 0.433 e. The third-order valence-corrected chi connectivity index (χ3v) is 2.00. The molecule has 0 unspecified atom stereocenters. The van der Waals surface area contributed by atoms with Crippen molar-refractivity contribution in [3.63, 3.8) is 0 Å². The second-order valence-corrected chi connectivity index (χ2v) is 2.93. The summed E-state index contributed by atoms with van der Waals surface area (Å²) in [5, 5.41) is 0. The van der Waals surface area contributed by atoms with E-state index in [4.69, 9.17) is 11.6 Å². The van der Waals surface area contributed by atoms with E-state index in [0.29, 0.717) is 6.20 Å². The molecule has 84 valence electrons. The van der Waals surface area contributed by atoms with Crippen LogP contribution in [0.5, 0.6) is 0 Å². The lowest BCUT2D eigenvalue weighted by Crippen LogP contribution is -2.13. The van der Waals surface area contributed by atoms with E-state index < -0.39 is 35.3 Å². The predicted molar refractivity (Wildman–Crippen MR) is 43.8 cm³/mol. The maximum atomic E-state index is 12.3. The number of pyridine rings is 1. The van der Waals surface area contributed by atoms with Crippen molar-refractivity contribution in [3.05, 3.63) is 29.1 Å². The molecular weight excluding hydrogens is 241 g/mol. The van der Waals surface area contributed by atoms with Crippen LogP contribution in [0.3, 0.4) is 0 Å². The quantitative estimate of drug-likeness (QED) is 0.571. The van der Waals surface area contributed by atoms with Crippen molar-refractivity contribution >= 4 is 11.6 Å². The molecule has 1 rings (SSSR count). The number of hydrogen-bond donors (Lipinski definition) is 0. The zero-order chi connectivity index (χ0) is 11.6. The highest BCUT2D eigenvalue weighted by Crippen LogP contribution is 2.35. The van der Waals surface area contributed by atoms with Crippen molar-refractivity contribution in [2.24, 2.45) is 0 Å². The Balaban J connectivity index is 3.35. The van der Waals surface area contributed by atoms with Gasteiger partial charge in [0.2, 0.25) is 0 Å². The summed E-state index contributed by atoms with van der Waals surface area (Å²) >= 11 is 5.21. The van der Waals surface area contributed by atoms with Gasteiger partial charge in [-0.1, -0.05) is 0 Å². The van der Waals surface area contributed by atoms with Crippen LogP contribution in [0.4, 0.5) is 22.0 Å². The predicted octanol–water partition coefficient (Wildman–Crippen LogP) is 3.78. The van der Waals surface area contributed by atoms with Crippen LogP contribution >= 0.6 is 11.6 Å². The fourth-order valence-electron chi connectivity index (χ4n) is 1.10. The van der Waals surface area contributed by atoms with Crippen molar-refractivity contribution < 1.29 is 22.0 Å². The van der Waals surface area contributed by atoms with Crippen molar-refractivity contribution in [1.82, 2.24) is 4.98 Å². The summed E-state index contributed by atoms with van der Waals surface area (Å²) < 4.78 is 61.6. The van der Waals surface area contributed by atoms with E-state index in [0.717, 1.165) is 6.07 Å². The Morgan fingerprint density at radius 3 is 2.33 bits per heavy atom. The first-order chi connectivity index (χ1) is 6.88. The molecule has 1 aromatic heterocycles. The SMILES string of the molecule is FC(F)c1ccnc(C(F)(F)F)c1CCl. The maximum Gasteiger partial charge on any atom is 0.433 e. The van der Waals surface area contributed by atoms with Gasteiger partial charge in [0, 0.05) is 23.2 Å². The van der Waals surface area contributed by atoms with E-state index in [1.807, 2.05) is 0 Å². The Hall–Kier alpha value is -0.910. The number of halogens is 6. The average Bonchev–Trinajstić information content (AvgIpc) is 2.15. The Morgan fingerprint density at radius 2 is 1.93 bits per heavy atom. The van der Waals surface area contributed by atoms with Crippen molar-refractivity contribution in [3.8, 4) is 0 Å². The molecule has 0 fully saturated rings. The molecule has 0 aliphatic rings. The van der Waals surface area contributed by atoms with E-state index in [-0.39, 0.29) is 0 Å². The van der Waals surface area contributed by atoms with Gasteiger partial charge in [-0.15, -0.1) is 11.6 Å². The lowest BCUT2D eigenvalue weighted by atomic mass is 10.1. The molecule has 0 bridgehead atoms. The lowest BCUT2D eigenvalue weighted by molar-refractivity contribution is -0.141. The fraction of sp³-hybridized carbons (Fsp3) is 0.375. The van der Waals surface area contributed by atoms with E-state index in [1.54, 1.807) is 0 Å². The van der Waals surface area contributed by atoms with Crippen LogP contribution in [0.1, 0.15) is 23.2 Å². The summed E-state index contributed by atoms with van der Waals surface area (Å²) in [4.78, 5) is 3.02. The fourth-order valence-corrected chi connectivity index (χ4v) is 1.38. The second-order valence-electron chi connectivity index (χ2n) is 2.66. The summed E-state index contributed by atoms with van der Waals surface area (Å²) in [5.74, 6) is -0.650. The van der Waals surface area contributed by atoms with Gasteiger partial charge in [-0.25, -0.2) is 8.78 Å². The molecule has 0 radical (unpaired) electrons. The summed E-state index contributed by atoms with van der Waals surface area (Å²) in [7, 11) is 0. The molecule has 1 aromatic rings. The number of aromatic nitrogens is 1. The van der Waals surface area contributed by atoms with E-state index in [1.165, 1.54) is 0 Å². The Kier molecular flexibility index (Phi) is 3.49. The minimum absolute atomic E-state index is 0.650. The van der Waals surface area contributed by atoms with Crippen LogP contribution in [0.15, 0.2) is 12.3 Å². The van der Waals surface area contributed by atoms with Crippen LogP contribution in [0.25, 0.3) is 0 Å². The van der Waals surface area contributed by atoms with Crippen molar-refractivity contribution in [2.45, 2.75) is 18.5 Å². The van der Waals surface area contributed by atoms with Crippen LogP contribution in [-0.2, 0) is 12.1 Å². The third kappa shape index (κ3) is 2.56. The Labute approximate surface area is 86.9 Å². The number of rotatable bonds is 2. The standard InChI is InChI=1S/C8H5ClF5N/c9-3-5-4(7(10)11)1-2-15-6(5)8(12,13)14/h1-2,7H,3H2. The van der Waals surface area contributed by atoms with Gasteiger partial charge in [-0.05, 0) is 6.07 Å². The molecule has 1 nitrogen and oxygen atoms in total. The Morgan fingerprint density at radius 1 is 1.33 bits per heavy atom. The third-order valence-electron chi connectivity index (χ3n) is 1.73. The highest BCUT2D eigenvalue weighted by atomic mass is 35.5. The van der Waals surface area contributed by atoms with Crippen LogP contribution < -0.4 is 0 Å². The summed E-state index contributed by atoms with van der Waals surface area (Å²) in [6.07, 6.45) is -7.07. The molecule has 1 heterocycles. The molecule has 0 saturated carbocycles. The second kappa shape index (κ2) is 4.30. The zero-order valence-electron chi connectivity index (χ0n) is 7.15. The summed E-state index contributed by atoms with van der Waals surface area (Å²) in [6, 6.07) is 0.831. The molecule has 0 amide bonds. The van der Waals surface area contributed by atoms with E-state index >= 15 is 0 Å². The summed E-state index contributed by atoms with van der Waals surface area (Å²) in [5.41, 5.74) is -2.75. The highest BCUT2D eigenvalue weighted by molar-refractivity contribution is 6.17. The molecule has 0 aromatic carbocycles. The van der Waals surface area contributed by atoms with Crippen LogP contribution in [-0.4, -0.2) is 4.98 Å². The minimum atomic E-state index is -4.77. The molecule has 7 heteroatoms. The molecule has 0 aliphatic heterocycles. The minimum Gasteiger partial charge on any atom is -0.251 e. The van der Waals surface area contributed by atoms with Crippen LogP contribution in [0, 0.1) is 0 Å². The van der Waals surface area contributed by atoms with Gasteiger partial charge in [0.1, 0.15) is 5.69 Å². The zero-order valence-corrected chi connectivity index (χ0v) is 7.91. The van der Waals surface area contributed by atoms with Crippen LogP contribution in [0.2, 0.25) is 0 Å². The Bertz CT molecular complexity index is 349. The van der Waals surface area contributed by atoms with Gasteiger partial charge < -0.3 is 0 Å². The van der Waals surface area contributed by atoms with Crippen molar-refractivity contribution in [1.29, 1.82) is 0 Å². The number of hydrogen-bond acceptors (Lipinski definition) is 1. The average molecular weight is 246 g/mol. The highest BCUT2D eigenvalue weighted by Gasteiger charge is 2.36. The molecule has 0 atom stereocenters. The molecule has 0 aliphatic carbocycles. The summed E-state index contributed by atoms with van der Waals surface area (Å²) in [6.45, 7) is 0. The van der Waals surface area contributed by atoms with Gasteiger partial charge in [0.05, 0.1) is 0 Å². The van der Waals surface area contributed by atoms with Gasteiger partial charge in [-0.2, -0.15) is 13.2 Å². The van der Waals surface area contributed by atoms with Gasteiger partial charge in [-0.3, -0.25) is 4.98 Å². The molecular formula is C8H5ClF5N. The van der Waals surface area contributed by atoms with Gasteiger partial charge in [0.15, 0.2) is 0 Å². The maximum absolute atomic E-state index is 12.3. The first-order valence-corrected chi connectivity index (χ1v) is 4.30. The lowest BCUT2D eigenvalue weighted by Gasteiger charge is -2.13. The van der Waals surface area contributed by atoms with Crippen molar-refractivity contribution in [2.75, 3.05) is 0 Å². The molecule has 0 saturated heterocycles. The number of alkyl halides is 6. The van der Waals surface area contributed by atoms with Gasteiger partial charge >= 0.3 is 6.18 Å². The monoisotopic (exact) mass is 245 g/mol. The first kappa shape index (κ1) is 12.2. The molecule has 15 heavy (non-hydrogen) atoms. The smallest absolute Gasteiger partial charge is 0.251 e. The normalized spacial score (nSPS) is 12.2. The van der Waals surface area contributed by atoms with E-state index in [2.05, 4.69) is 4.98 Å². The molecule has 0 spiro atoms. The van der Waals surface area contributed by atoms with Gasteiger partial charge in [0.25, 0.3) is 6.43 Å². The molecule has 0 N–H and O–H groups in total. The first-order valence-electron chi connectivity index (χ1n) is 3.77. The van der Waals surface area contributed by atoms with E-state index in [9.17, 15) is 22.0 Å². The topological polar surface area (TPSA) is 12.9 Å².